The number of fused-ring (bicyclic) bond motifs is 12. The van der Waals surface area contributed by atoms with Crippen LogP contribution >= 0.6 is 0 Å². The minimum atomic E-state index is 1.12. The lowest BCUT2D eigenvalue weighted by atomic mass is 9.94. The second kappa shape index (κ2) is 15.1. The highest BCUT2D eigenvalue weighted by Gasteiger charge is 2.23. The van der Waals surface area contributed by atoms with Crippen LogP contribution in [0.2, 0.25) is 0 Å². The molecule has 15 rings (SSSR count). The van der Waals surface area contributed by atoms with Crippen LogP contribution in [0.5, 0.6) is 0 Å². The average molecular weight is 891 g/mol. The van der Waals surface area contributed by atoms with Crippen molar-refractivity contribution in [3.8, 4) is 45.0 Å². The van der Waals surface area contributed by atoms with E-state index >= 15 is 0 Å². The maximum atomic E-state index is 2.53. The van der Waals surface area contributed by atoms with Gasteiger partial charge in [0.25, 0.3) is 0 Å². The monoisotopic (exact) mass is 890 g/mol. The molecular weight excluding hydrogens is 849 g/mol. The van der Waals surface area contributed by atoms with Crippen LogP contribution < -0.4 is 0 Å². The molecule has 11 aromatic carbocycles. The highest BCUT2D eigenvalue weighted by atomic mass is 15.0. The second-order valence-corrected chi connectivity index (χ2v) is 18.5. The minimum Gasteiger partial charge on any atom is -0.309 e. The van der Waals surface area contributed by atoms with Crippen LogP contribution in [0, 0.1) is 0 Å². The normalized spacial score (nSPS) is 12.0. The first kappa shape index (κ1) is 38.7. The molecule has 0 saturated carbocycles. The molecule has 4 aromatic heterocycles. The van der Waals surface area contributed by atoms with Crippen LogP contribution in [0.25, 0.3) is 132 Å². The second-order valence-electron chi connectivity index (χ2n) is 18.5. The lowest BCUT2D eigenvalue weighted by Crippen LogP contribution is -2.02. The zero-order valence-corrected chi connectivity index (χ0v) is 38.0. The number of benzene rings is 11. The summed E-state index contributed by atoms with van der Waals surface area (Å²) in [6.45, 7) is 0. The molecule has 0 aliphatic rings. The molecule has 0 aliphatic heterocycles. The van der Waals surface area contributed by atoms with Gasteiger partial charge in [-0.3, -0.25) is 0 Å². The van der Waals surface area contributed by atoms with Gasteiger partial charge in [0.1, 0.15) is 0 Å². The van der Waals surface area contributed by atoms with Gasteiger partial charge in [0.05, 0.1) is 49.8 Å². The van der Waals surface area contributed by atoms with E-state index in [2.05, 4.69) is 273 Å². The number of aromatic nitrogens is 4. The molecule has 326 valence electrons. The lowest BCUT2D eigenvalue weighted by Gasteiger charge is -2.20. The smallest absolute Gasteiger partial charge is 0.0618 e. The molecule has 0 radical (unpaired) electrons. The van der Waals surface area contributed by atoms with Gasteiger partial charge in [0.2, 0.25) is 0 Å². The Labute approximate surface area is 403 Å². The van der Waals surface area contributed by atoms with Crippen LogP contribution in [-0.4, -0.2) is 18.3 Å². The van der Waals surface area contributed by atoms with E-state index in [0.717, 1.165) is 56.0 Å². The summed E-state index contributed by atoms with van der Waals surface area (Å²) >= 11 is 0. The summed E-state index contributed by atoms with van der Waals surface area (Å²) in [6, 6.07) is 93.7. The van der Waals surface area contributed by atoms with E-state index in [1.807, 2.05) is 0 Å². The first-order valence-corrected chi connectivity index (χ1v) is 24.1. The summed E-state index contributed by atoms with van der Waals surface area (Å²) in [6.07, 6.45) is 0. The Morgan fingerprint density at radius 2 is 0.471 bits per heavy atom. The van der Waals surface area contributed by atoms with E-state index < -0.39 is 0 Å². The van der Waals surface area contributed by atoms with Gasteiger partial charge >= 0.3 is 0 Å². The molecule has 15 aromatic rings. The third-order valence-corrected chi connectivity index (χ3v) is 14.7. The first-order chi connectivity index (χ1) is 34.8. The zero-order chi connectivity index (χ0) is 45.9. The molecule has 0 bridgehead atoms. The minimum absolute atomic E-state index is 1.12. The Balaban J connectivity index is 1.01. The Hall–Kier alpha value is -9.38. The van der Waals surface area contributed by atoms with Crippen molar-refractivity contribution in [3.05, 3.63) is 255 Å². The van der Waals surface area contributed by atoms with Crippen molar-refractivity contribution in [2.24, 2.45) is 0 Å². The predicted molar refractivity (Wildman–Crippen MR) is 295 cm³/mol. The van der Waals surface area contributed by atoms with Gasteiger partial charge in [0.15, 0.2) is 0 Å². The molecule has 0 fully saturated rings. The average Bonchev–Trinajstić information content (AvgIpc) is 4.16. The van der Waals surface area contributed by atoms with Crippen LogP contribution in [0.4, 0.5) is 0 Å². The number of nitrogens with zero attached hydrogens (tertiary/aromatic N) is 4. The summed E-state index contributed by atoms with van der Waals surface area (Å²) in [5.74, 6) is 0. The van der Waals surface area contributed by atoms with Crippen molar-refractivity contribution in [2.75, 3.05) is 0 Å². The molecule has 0 N–H and O–H groups in total. The molecule has 70 heavy (non-hydrogen) atoms. The van der Waals surface area contributed by atoms with E-state index in [9.17, 15) is 0 Å². The van der Waals surface area contributed by atoms with Crippen molar-refractivity contribution < 1.29 is 0 Å². The predicted octanol–water partition coefficient (Wildman–Crippen LogP) is 17.4. The summed E-state index contributed by atoms with van der Waals surface area (Å²) in [5.41, 5.74) is 18.6. The van der Waals surface area contributed by atoms with Gasteiger partial charge in [-0.15, -0.1) is 0 Å². The Kier molecular flexibility index (Phi) is 8.33. The third kappa shape index (κ3) is 5.59. The fourth-order valence-electron chi connectivity index (χ4n) is 11.8. The van der Waals surface area contributed by atoms with Gasteiger partial charge < -0.3 is 18.3 Å². The van der Waals surface area contributed by atoms with E-state index in [4.69, 9.17) is 0 Å². The van der Waals surface area contributed by atoms with Gasteiger partial charge in [-0.25, -0.2) is 0 Å². The van der Waals surface area contributed by atoms with E-state index in [1.54, 1.807) is 0 Å². The lowest BCUT2D eigenvalue weighted by molar-refractivity contribution is 1.16. The molecule has 0 unspecified atom stereocenters. The first-order valence-electron chi connectivity index (χ1n) is 24.1. The topological polar surface area (TPSA) is 19.7 Å². The number of para-hydroxylation sites is 8. The highest BCUT2D eigenvalue weighted by molar-refractivity contribution is 6.14. The molecule has 4 heterocycles. The van der Waals surface area contributed by atoms with Crippen molar-refractivity contribution >= 4 is 87.2 Å². The molecule has 4 nitrogen and oxygen atoms in total. The van der Waals surface area contributed by atoms with Gasteiger partial charge in [-0.2, -0.15) is 0 Å². The van der Waals surface area contributed by atoms with Gasteiger partial charge in [-0.05, 0) is 96.1 Å². The largest absolute Gasteiger partial charge is 0.309 e. The van der Waals surface area contributed by atoms with Crippen LogP contribution in [0.3, 0.4) is 0 Å². The Bertz CT molecular complexity index is 4270. The van der Waals surface area contributed by atoms with E-state index in [0.29, 0.717) is 0 Å². The SMILES string of the molecule is c1cc(-c2cccc(-c3cccc(-n4c5ccccc5c5ccccc54)c3)c2-n2c3ccccc3c3cc(-n4c5ccccc5c5ccccc54)ccc32)cc(-n2c3ccccc3c3ccccc32)c1. The van der Waals surface area contributed by atoms with Crippen molar-refractivity contribution in [1.29, 1.82) is 0 Å². The number of hydrogen-bond acceptors (Lipinski definition) is 0. The maximum Gasteiger partial charge on any atom is 0.0618 e. The van der Waals surface area contributed by atoms with Crippen LogP contribution in [0.15, 0.2) is 255 Å². The molecule has 0 amide bonds. The van der Waals surface area contributed by atoms with Crippen molar-refractivity contribution in [1.82, 2.24) is 18.3 Å². The summed E-state index contributed by atoms with van der Waals surface area (Å²) in [4.78, 5) is 0. The quantitative estimate of drug-likeness (QED) is 0.158. The Morgan fingerprint density at radius 3 is 0.843 bits per heavy atom. The van der Waals surface area contributed by atoms with Gasteiger partial charge in [-0.1, -0.05) is 170 Å². The zero-order valence-electron chi connectivity index (χ0n) is 38.0. The summed E-state index contributed by atoms with van der Waals surface area (Å²) < 4.78 is 9.80. The molecule has 0 atom stereocenters. The molecule has 0 aliphatic carbocycles. The number of rotatable bonds is 6. The van der Waals surface area contributed by atoms with Crippen molar-refractivity contribution in [3.63, 3.8) is 0 Å². The number of hydrogen-bond donors (Lipinski definition) is 0. The van der Waals surface area contributed by atoms with Gasteiger partial charge in [0, 0.05) is 71.3 Å². The molecule has 0 spiro atoms. The Morgan fingerprint density at radius 1 is 0.186 bits per heavy atom. The maximum absolute atomic E-state index is 2.53. The standard InChI is InChI=1S/C66H42N4/c1-8-31-58-50(22-1)51-23-2-9-32-59(51)67(58)45-20-15-18-43(40-45)48-29-17-30-49(44-19-16-21-46(41-44)68-60-33-10-3-24-52(60)53-25-4-11-34-61(53)68)66(48)70-64-37-14-7-28-56(64)57-42-47(38-39-65(57)70)69-62-35-12-5-26-54(62)55-27-6-13-36-63(55)69/h1-42H. The van der Waals surface area contributed by atoms with Crippen LogP contribution in [-0.2, 0) is 0 Å². The molecule has 0 saturated heterocycles. The molecule has 4 heteroatoms. The van der Waals surface area contributed by atoms with E-state index in [-0.39, 0.29) is 0 Å². The van der Waals surface area contributed by atoms with Crippen LogP contribution in [0.1, 0.15) is 0 Å². The third-order valence-electron chi connectivity index (χ3n) is 14.7. The van der Waals surface area contributed by atoms with Crippen molar-refractivity contribution in [2.45, 2.75) is 0 Å². The fraction of sp³-hybridized carbons (Fsp3) is 0. The highest BCUT2D eigenvalue weighted by Crippen LogP contribution is 2.44. The van der Waals surface area contributed by atoms with E-state index in [1.165, 1.54) is 76.2 Å². The summed E-state index contributed by atoms with van der Waals surface area (Å²) in [7, 11) is 0. The summed E-state index contributed by atoms with van der Waals surface area (Å²) in [5, 5.41) is 9.92. The fourth-order valence-corrected chi connectivity index (χ4v) is 11.8. The molecular formula is C66H42N4.